The third-order valence-electron chi connectivity index (χ3n) is 11.4. The van der Waals surface area contributed by atoms with Crippen LogP contribution in [0.3, 0.4) is 0 Å². The van der Waals surface area contributed by atoms with Gasteiger partial charge in [0.2, 0.25) is 0 Å². The van der Waals surface area contributed by atoms with E-state index in [2.05, 4.69) is 52.1 Å². The number of pyridine rings is 1. The molecule has 1 aromatic rings. The molecule has 43 heavy (non-hydrogen) atoms. The number of nitrogens with zero attached hydrogens (tertiary/aromatic N) is 1. The quantitative estimate of drug-likeness (QED) is 0.309. The number of fused-ring (bicyclic) bond motifs is 5. The van der Waals surface area contributed by atoms with Crippen molar-refractivity contribution in [2.24, 2.45) is 46.3 Å². The lowest BCUT2D eigenvalue weighted by Gasteiger charge is -2.57. The molecule has 4 aliphatic carbocycles. The smallest absolute Gasteiger partial charge is 0.0653 e. The van der Waals surface area contributed by atoms with Gasteiger partial charge in [-0.15, -0.1) is 12.8 Å². The van der Waals surface area contributed by atoms with Crippen molar-refractivity contribution in [2.45, 2.75) is 167 Å². The standard InChI is InChI=1S/C25H44.C9H11N.3C2H6.C2H2/c1-5-7-19-9-11-23-22-10-8-18-17-24(3,14-6-2)15-12-20(18)21(22)13-16-25(19,23)4;1-7(2)9-5-4-8(3)6-10-9;4*1-2/h18-23H,5-17H2,1-4H3;4-6H,1H2,2-3H3;3*1-2H3;1-2H/t18?,19?,20?,21?,22?,23?,24-,25?;;;;;/m0...../s1. The Kier molecular flexibility index (Phi) is 20.5. The molecule has 248 valence electrons. The first-order chi connectivity index (χ1) is 20.7. The molecule has 8 atom stereocenters. The molecule has 0 aromatic carbocycles. The number of terminal acetylenes is 1. The van der Waals surface area contributed by atoms with Crippen LogP contribution in [0.4, 0.5) is 0 Å². The highest BCUT2D eigenvalue weighted by molar-refractivity contribution is 5.57. The molecule has 5 rings (SSSR count). The Bertz CT molecular complexity index is 880. The van der Waals surface area contributed by atoms with E-state index in [-0.39, 0.29) is 0 Å². The van der Waals surface area contributed by atoms with E-state index >= 15 is 0 Å². The molecule has 1 nitrogen and oxygen atoms in total. The van der Waals surface area contributed by atoms with E-state index in [1.807, 2.05) is 73.7 Å². The molecule has 7 unspecified atom stereocenters. The molecule has 1 heterocycles. The van der Waals surface area contributed by atoms with Gasteiger partial charge in [-0.2, -0.15) is 0 Å². The summed E-state index contributed by atoms with van der Waals surface area (Å²) in [6.07, 6.45) is 29.8. The minimum absolute atomic E-state index is 0.686. The van der Waals surface area contributed by atoms with Gasteiger partial charge in [0.15, 0.2) is 0 Å². The molecule has 1 aromatic heterocycles. The third kappa shape index (κ3) is 10.8. The highest BCUT2D eigenvalue weighted by Gasteiger charge is 2.57. The molecular weight excluding hydrogens is 518 g/mol. The summed E-state index contributed by atoms with van der Waals surface area (Å²) in [5.41, 5.74) is 4.58. The summed E-state index contributed by atoms with van der Waals surface area (Å²) in [5.74, 6) is 6.57. The first-order valence-corrected chi connectivity index (χ1v) is 18.6. The zero-order valence-electron chi connectivity index (χ0n) is 31.2. The number of aromatic nitrogens is 1. The van der Waals surface area contributed by atoms with Crippen molar-refractivity contribution in [3.05, 3.63) is 36.2 Å². The second-order valence-electron chi connectivity index (χ2n) is 13.8. The highest BCUT2D eigenvalue weighted by Crippen LogP contribution is 2.65. The van der Waals surface area contributed by atoms with Crippen LogP contribution in [0.1, 0.15) is 171 Å². The second kappa shape index (κ2) is 21.2. The molecule has 0 amide bonds. The van der Waals surface area contributed by atoms with Crippen molar-refractivity contribution in [1.82, 2.24) is 4.98 Å². The largest absolute Gasteiger partial charge is 0.256 e. The van der Waals surface area contributed by atoms with Gasteiger partial charge >= 0.3 is 0 Å². The van der Waals surface area contributed by atoms with Crippen molar-refractivity contribution in [2.75, 3.05) is 0 Å². The van der Waals surface area contributed by atoms with Crippen molar-refractivity contribution >= 4 is 5.57 Å². The number of allylic oxidation sites excluding steroid dienone is 1. The Morgan fingerprint density at radius 3 is 2.00 bits per heavy atom. The van der Waals surface area contributed by atoms with Gasteiger partial charge in [0.05, 0.1) is 5.69 Å². The molecule has 1 heteroatoms. The summed E-state index contributed by atoms with van der Waals surface area (Å²) < 4.78 is 0. The van der Waals surface area contributed by atoms with Gasteiger partial charge in [0.1, 0.15) is 0 Å². The Labute approximate surface area is 271 Å². The molecule has 0 aliphatic heterocycles. The van der Waals surface area contributed by atoms with Gasteiger partial charge in [0, 0.05) is 6.20 Å². The third-order valence-corrected chi connectivity index (χ3v) is 11.4. The van der Waals surface area contributed by atoms with Crippen LogP contribution in [0.5, 0.6) is 0 Å². The van der Waals surface area contributed by atoms with Crippen LogP contribution in [0.25, 0.3) is 5.57 Å². The van der Waals surface area contributed by atoms with Crippen molar-refractivity contribution < 1.29 is 0 Å². The maximum atomic E-state index is 4.18. The summed E-state index contributed by atoms with van der Waals surface area (Å²) in [6.45, 7) is 29.9. The predicted molar refractivity (Wildman–Crippen MR) is 196 cm³/mol. The highest BCUT2D eigenvalue weighted by atomic mass is 14.7. The summed E-state index contributed by atoms with van der Waals surface area (Å²) in [7, 11) is 0. The van der Waals surface area contributed by atoms with Crippen LogP contribution < -0.4 is 0 Å². The summed E-state index contributed by atoms with van der Waals surface area (Å²) >= 11 is 0. The molecule has 0 saturated heterocycles. The lowest BCUT2D eigenvalue weighted by atomic mass is 9.48. The van der Waals surface area contributed by atoms with Gasteiger partial charge < -0.3 is 0 Å². The molecule has 0 radical (unpaired) electrons. The van der Waals surface area contributed by atoms with Gasteiger partial charge in [-0.05, 0) is 142 Å². The summed E-state index contributed by atoms with van der Waals surface area (Å²) in [6, 6.07) is 4.02. The molecule has 4 fully saturated rings. The van der Waals surface area contributed by atoms with E-state index in [4.69, 9.17) is 0 Å². The molecule has 4 aliphatic rings. The van der Waals surface area contributed by atoms with Crippen LogP contribution in [0, 0.1) is 66.1 Å². The van der Waals surface area contributed by atoms with E-state index in [0.717, 1.165) is 52.2 Å². The van der Waals surface area contributed by atoms with Gasteiger partial charge in [0.25, 0.3) is 0 Å². The molecular formula is C42H75N. The number of hydrogen-bond donors (Lipinski definition) is 0. The maximum absolute atomic E-state index is 4.18. The van der Waals surface area contributed by atoms with Crippen molar-refractivity contribution in [3.63, 3.8) is 0 Å². The SMILES string of the molecule is C#C.C=C(C)c1ccc(C)cn1.CC.CC.CC.CCCC1CCC2C3CCC4C[C@@](C)(CCC)CCC4C3CCC12C. The topological polar surface area (TPSA) is 12.9 Å². The minimum Gasteiger partial charge on any atom is -0.256 e. The van der Waals surface area contributed by atoms with Crippen LogP contribution in [0.2, 0.25) is 0 Å². The van der Waals surface area contributed by atoms with Crippen LogP contribution in [-0.4, -0.2) is 4.98 Å². The first-order valence-electron chi connectivity index (χ1n) is 18.6. The lowest BCUT2D eigenvalue weighted by Crippen LogP contribution is -2.49. The summed E-state index contributed by atoms with van der Waals surface area (Å²) in [5, 5.41) is 0. The van der Waals surface area contributed by atoms with E-state index < -0.39 is 0 Å². The van der Waals surface area contributed by atoms with Gasteiger partial charge in [-0.25, -0.2) is 0 Å². The molecule has 0 bridgehead atoms. The van der Waals surface area contributed by atoms with Crippen molar-refractivity contribution in [1.29, 1.82) is 0 Å². The van der Waals surface area contributed by atoms with E-state index in [0.29, 0.717) is 5.41 Å². The molecule has 0 N–H and O–H groups in total. The monoisotopic (exact) mass is 594 g/mol. The maximum Gasteiger partial charge on any atom is 0.0653 e. The lowest BCUT2D eigenvalue weighted by molar-refractivity contribution is -0.0794. The van der Waals surface area contributed by atoms with E-state index in [1.54, 1.807) is 51.4 Å². The zero-order valence-corrected chi connectivity index (χ0v) is 31.2. The normalized spacial score (nSPS) is 33.1. The Morgan fingerprint density at radius 1 is 0.837 bits per heavy atom. The Balaban J connectivity index is 0.000000822. The van der Waals surface area contributed by atoms with Gasteiger partial charge in [-0.1, -0.05) is 101 Å². The van der Waals surface area contributed by atoms with E-state index in [9.17, 15) is 0 Å². The van der Waals surface area contributed by atoms with E-state index in [1.165, 1.54) is 37.7 Å². The molecule has 4 saturated carbocycles. The van der Waals surface area contributed by atoms with Crippen LogP contribution in [0.15, 0.2) is 24.9 Å². The zero-order chi connectivity index (χ0) is 33.2. The Hall–Kier alpha value is -1.55. The predicted octanol–water partition coefficient (Wildman–Crippen LogP) is 13.6. The Morgan fingerprint density at radius 2 is 1.47 bits per heavy atom. The van der Waals surface area contributed by atoms with Crippen molar-refractivity contribution in [3.8, 4) is 12.8 Å². The first kappa shape index (κ1) is 41.4. The van der Waals surface area contributed by atoms with Gasteiger partial charge in [-0.3, -0.25) is 4.98 Å². The fourth-order valence-electron chi connectivity index (χ4n) is 9.67. The second-order valence-corrected chi connectivity index (χ2v) is 13.8. The van der Waals surface area contributed by atoms with Crippen LogP contribution in [-0.2, 0) is 0 Å². The minimum atomic E-state index is 0.686. The number of hydrogen-bond acceptors (Lipinski definition) is 1. The number of aryl methyl sites for hydroxylation is 1. The fourth-order valence-corrected chi connectivity index (χ4v) is 9.67. The average Bonchev–Trinajstić information content (AvgIpc) is 3.37. The number of rotatable bonds is 5. The van der Waals surface area contributed by atoms with Crippen LogP contribution >= 0.6 is 0 Å². The fraction of sp³-hybridized carbons (Fsp3) is 0.786. The summed E-state index contributed by atoms with van der Waals surface area (Å²) in [4.78, 5) is 4.18. The molecule has 0 spiro atoms. The average molecular weight is 594 g/mol.